The summed E-state index contributed by atoms with van der Waals surface area (Å²) in [7, 11) is 0. The van der Waals surface area contributed by atoms with Crippen LogP contribution in [-0.4, -0.2) is 27.4 Å². The van der Waals surface area contributed by atoms with E-state index < -0.39 is 12.1 Å². The number of hydrogen-bond acceptors (Lipinski definition) is 2. The lowest BCUT2D eigenvalue weighted by Gasteiger charge is -1.64. The number of rotatable bonds is 1. The van der Waals surface area contributed by atoms with Gasteiger partial charge in [0.1, 0.15) is 0 Å². The van der Waals surface area contributed by atoms with Crippen molar-refractivity contribution in [3.63, 3.8) is 0 Å². The van der Waals surface area contributed by atoms with Crippen LogP contribution in [0.5, 0.6) is 0 Å². The fraction of sp³-hybridized carbons (Fsp3) is 0. The molecule has 0 radical (unpaired) electrons. The topological polar surface area (TPSA) is 94.8 Å². The summed E-state index contributed by atoms with van der Waals surface area (Å²) in [6.45, 7) is 8.96. The van der Waals surface area contributed by atoms with Crippen LogP contribution in [0, 0.1) is 0 Å². The monoisotopic (exact) mass is 162 g/mol. The minimum absolute atomic E-state index is 0.833. The summed E-state index contributed by atoms with van der Waals surface area (Å²) in [5.74, 6) is -0.981. The molecule has 0 heterocycles. The summed E-state index contributed by atoms with van der Waals surface area (Å²) >= 11 is 0. The van der Waals surface area contributed by atoms with Crippen LogP contribution in [0.4, 0.5) is 4.79 Å². The van der Waals surface area contributed by atoms with Crippen LogP contribution >= 0.6 is 0 Å². The van der Waals surface area contributed by atoms with Crippen LogP contribution in [0.1, 0.15) is 0 Å². The van der Waals surface area contributed by atoms with Crippen LogP contribution in [0.3, 0.4) is 0 Å². The first kappa shape index (κ1) is 16.1. The SMILES string of the molecule is C=C.C=CC(=O)O.O=C(O)O. The average molecular weight is 162 g/mol. The van der Waals surface area contributed by atoms with Crippen molar-refractivity contribution in [1.82, 2.24) is 0 Å². The van der Waals surface area contributed by atoms with E-state index in [-0.39, 0.29) is 0 Å². The molecule has 3 N–H and O–H groups in total. The zero-order valence-corrected chi connectivity index (χ0v) is 5.86. The van der Waals surface area contributed by atoms with Gasteiger partial charge < -0.3 is 15.3 Å². The Kier molecular flexibility index (Phi) is 23.0. The van der Waals surface area contributed by atoms with E-state index in [0.717, 1.165) is 6.08 Å². The number of carboxylic acid groups (broad SMARTS) is 3. The van der Waals surface area contributed by atoms with E-state index >= 15 is 0 Å². The number of hydrogen-bond donors (Lipinski definition) is 3. The molecule has 0 aliphatic heterocycles. The molecule has 0 atom stereocenters. The van der Waals surface area contributed by atoms with Crippen LogP contribution < -0.4 is 0 Å². The Balaban J connectivity index is -0.0000000965. The Hall–Kier alpha value is -1.78. The second-order valence-electron chi connectivity index (χ2n) is 0.825. The van der Waals surface area contributed by atoms with Crippen molar-refractivity contribution in [3.05, 3.63) is 25.8 Å². The largest absolute Gasteiger partial charge is 0.503 e. The molecular formula is C6H10O5. The highest BCUT2D eigenvalue weighted by atomic mass is 16.6. The predicted molar refractivity (Wildman–Crippen MR) is 39.7 cm³/mol. The average Bonchev–Trinajstić information content (AvgIpc) is 1.91. The van der Waals surface area contributed by atoms with E-state index in [2.05, 4.69) is 19.7 Å². The highest BCUT2D eigenvalue weighted by molar-refractivity contribution is 5.78. The maximum atomic E-state index is 9.25. The number of carbonyl (C=O) groups is 2. The molecule has 0 amide bonds. The molecule has 11 heavy (non-hydrogen) atoms. The van der Waals surface area contributed by atoms with E-state index in [1.54, 1.807) is 0 Å². The lowest BCUT2D eigenvalue weighted by atomic mass is 10.7. The van der Waals surface area contributed by atoms with E-state index in [1.807, 2.05) is 0 Å². The van der Waals surface area contributed by atoms with Gasteiger partial charge in [-0.1, -0.05) is 6.58 Å². The van der Waals surface area contributed by atoms with Crippen LogP contribution in [0.15, 0.2) is 25.8 Å². The second-order valence-corrected chi connectivity index (χ2v) is 0.825. The Morgan fingerprint density at radius 1 is 1.09 bits per heavy atom. The maximum absolute atomic E-state index is 9.25. The molecule has 0 saturated carbocycles. The Labute approximate surface area is 63.9 Å². The van der Waals surface area contributed by atoms with Gasteiger partial charge in [-0.25, -0.2) is 9.59 Å². The Morgan fingerprint density at radius 2 is 1.18 bits per heavy atom. The Bertz CT molecular complexity index is 125. The summed E-state index contributed by atoms with van der Waals surface area (Å²) < 4.78 is 0. The summed E-state index contributed by atoms with van der Waals surface area (Å²) in [6, 6.07) is 0. The van der Waals surface area contributed by atoms with Crippen molar-refractivity contribution < 1.29 is 24.9 Å². The van der Waals surface area contributed by atoms with E-state index in [0.29, 0.717) is 0 Å². The minimum Gasteiger partial charge on any atom is -0.478 e. The Morgan fingerprint density at radius 3 is 1.18 bits per heavy atom. The molecule has 0 spiro atoms. The first-order valence-corrected chi connectivity index (χ1v) is 2.28. The predicted octanol–water partition coefficient (Wildman–Crippen LogP) is 1.28. The first-order valence-electron chi connectivity index (χ1n) is 2.28. The smallest absolute Gasteiger partial charge is 0.478 e. The normalized spacial score (nSPS) is 5.45. The molecule has 0 aromatic heterocycles. The van der Waals surface area contributed by atoms with Crippen molar-refractivity contribution in [1.29, 1.82) is 0 Å². The fourth-order valence-electron chi connectivity index (χ4n) is 0. The maximum Gasteiger partial charge on any atom is 0.503 e. The van der Waals surface area contributed by atoms with Gasteiger partial charge in [-0.3, -0.25) is 0 Å². The molecule has 0 rings (SSSR count). The van der Waals surface area contributed by atoms with Crippen LogP contribution in [0.2, 0.25) is 0 Å². The molecule has 0 aromatic rings. The van der Waals surface area contributed by atoms with Gasteiger partial charge in [0.2, 0.25) is 0 Å². The van der Waals surface area contributed by atoms with Gasteiger partial charge in [0, 0.05) is 6.08 Å². The van der Waals surface area contributed by atoms with E-state index in [1.165, 1.54) is 0 Å². The third-order valence-electron chi connectivity index (χ3n) is 0.175. The zero-order valence-electron chi connectivity index (χ0n) is 5.86. The van der Waals surface area contributed by atoms with Crippen molar-refractivity contribution in [2.45, 2.75) is 0 Å². The fourth-order valence-corrected chi connectivity index (χ4v) is 0. The van der Waals surface area contributed by atoms with Gasteiger partial charge in [0.15, 0.2) is 0 Å². The van der Waals surface area contributed by atoms with Crippen molar-refractivity contribution >= 4 is 12.1 Å². The van der Waals surface area contributed by atoms with E-state index in [4.69, 9.17) is 20.1 Å². The van der Waals surface area contributed by atoms with Crippen LogP contribution in [0.25, 0.3) is 0 Å². The number of carboxylic acids is 1. The molecule has 0 saturated heterocycles. The van der Waals surface area contributed by atoms with Gasteiger partial charge in [-0.2, -0.15) is 0 Å². The third kappa shape index (κ3) is 6570. The zero-order chi connectivity index (χ0) is 9.86. The molecule has 0 unspecified atom stereocenters. The van der Waals surface area contributed by atoms with Crippen molar-refractivity contribution in [2.75, 3.05) is 0 Å². The highest BCUT2D eigenvalue weighted by Crippen LogP contribution is 1.54. The lowest BCUT2D eigenvalue weighted by Crippen LogP contribution is -1.82. The van der Waals surface area contributed by atoms with Gasteiger partial charge in [-0.15, -0.1) is 13.2 Å². The molecule has 0 aliphatic rings. The highest BCUT2D eigenvalue weighted by Gasteiger charge is 1.73. The number of aliphatic carboxylic acids is 1. The van der Waals surface area contributed by atoms with Gasteiger partial charge in [0.25, 0.3) is 0 Å². The molecule has 5 heteroatoms. The quantitative estimate of drug-likeness (QED) is 0.398. The van der Waals surface area contributed by atoms with Gasteiger partial charge in [-0.05, 0) is 0 Å². The molecule has 0 aliphatic carbocycles. The second kappa shape index (κ2) is 15.7. The molecule has 0 fully saturated rings. The standard InChI is InChI=1S/C3H4O2.C2H4.CH2O3/c1-2-3(4)5;1-2;2-1(3)4/h2H,1H2,(H,4,5);1-2H2;(H2,2,3,4). The molecular weight excluding hydrogens is 152 g/mol. The summed E-state index contributed by atoms with van der Waals surface area (Å²) in [5, 5.41) is 21.5. The lowest BCUT2D eigenvalue weighted by molar-refractivity contribution is -0.131. The summed E-state index contributed by atoms with van der Waals surface area (Å²) in [4.78, 5) is 17.8. The van der Waals surface area contributed by atoms with Crippen molar-refractivity contribution in [3.8, 4) is 0 Å². The van der Waals surface area contributed by atoms with E-state index in [9.17, 15) is 4.79 Å². The summed E-state index contributed by atoms with van der Waals surface area (Å²) in [6.07, 6.45) is -1.00. The summed E-state index contributed by atoms with van der Waals surface area (Å²) in [5.41, 5.74) is 0. The van der Waals surface area contributed by atoms with Crippen LogP contribution in [-0.2, 0) is 4.79 Å². The van der Waals surface area contributed by atoms with Gasteiger partial charge >= 0.3 is 12.1 Å². The molecule has 64 valence electrons. The first-order chi connectivity index (χ1) is 5.00. The minimum atomic E-state index is -1.83. The molecule has 0 aromatic carbocycles. The van der Waals surface area contributed by atoms with Crippen molar-refractivity contribution in [2.24, 2.45) is 0 Å². The third-order valence-corrected chi connectivity index (χ3v) is 0.175. The van der Waals surface area contributed by atoms with Gasteiger partial charge in [0.05, 0.1) is 0 Å². The molecule has 0 bridgehead atoms. The molecule has 5 nitrogen and oxygen atoms in total.